The quantitative estimate of drug-likeness (QED) is 0.0995. The number of carboxylic acids is 1. The molecule has 9 rings (SSSR count). The summed E-state index contributed by atoms with van der Waals surface area (Å²) in [6.45, 7) is 2.73. The maximum Gasteiger partial charge on any atom is 0.305 e. The van der Waals surface area contributed by atoms with Crippen LogP contribution >= 0.6 is 23.5 Å². The van der Waals surface area contributed by atoms with Crippen LogP contribution in [0, 0.1) is 29.6 Å². The van der Waals surface area contributed by atoms with Crippen molar-refractivity contribution in [1.29, 1.82) is 0 Å². The minimum atomic E-state index is -1.91. The third kappa shape index (κ3) is 22.6. The predicted octanol–water partition coefficient (Wildman–Crippen LogP) is -0.381. The molecular formula is C69H107F2N15O13S2. The van der Waals surface area contributed by atoms with Crippen LogP contribution in [0.2, 0.25) is 0 Å². The monoisotopic (exact) mass is 1460 g/mol. The van der Waals surface area contributed by atoms with Gasteiger partial charge < -0.3 is 90.4 Å². The van der Waals surface area contributed by atoms with Crippen molar-refractivity contribution in [3.63, 3.8) is 0 Å². The number of aliphatic hydroxyl groups is 1. The number of rotatable bonds is 15. The number of benzene rings is 1. The van der Waals surface area contributed by atoms with E-state index >= 15 is 28.0 Å². The average molecular weight is 1460 g/mol. The summed E-state index contributed by atoms with van der Waals surface area (Å²) in [6.07, 6.45) is 1.80. The molecule has 562 valence electrons. The second kappa shape index (κ2) is 37.9. The number of nitrogens with one attached hydrogen (secondary N) is 12. The van der Waals surface area contributed by atoms with Crippen molar-refractivity contribution in [3.05, 3.63) is 35.4 Å². The van der Waals surface area contributed by atoms with Crippen LogP contribution in [0.5, 0.6) is 0 Å². The summed E-state index contributed by atoms with van der Waals surface area (Å²) in [5.74, 6) is -9.32. The molecule has 1 aromatic carbocycles. The van der Waals surface area contributed by atoms with Crippen molar-refractivity contribution >= 4 is 88.6 Å². The Labute approximate surface area is 597 Å². The SMILES string of the molecule is C[C@@]12CCCN1C(=O)[C@H](CC1CCC(O)CC1)NC(=O)[C@H](CC1CNCN1)NC(=O)[C@H](CC(=O)O)NC(=O)[C@H](CC1CNC3CCC(F)CC13)NC(=O)[C@H](CC1CNC3CCC(F)CC13)NC(=O)CNC(=O)[C@H](CCCCN)NC(=O)CCSCc1cccc(c1)CSC[C@@H](C(N)=O)NC2=O. The summed E-state index contributed by atoms with van der Waals surface area (Å²) < 4.78 is 30.5. The number of amides is 10. The molecule has 17 atom stereocenters. The second-order valence-electron chi connectivity index (χ2n) is 29.4. The van der Waals surface area contributed by atoms with Crippen molar-refractivity contribution in [2.24, 2.45) is 41.1 Å². The molecule has 3 saturated carbocycles. The van der Waals surface area contributed by atoms with Crippen LogP contribution in [-0.2, 0) is 64.2 Å². The van der Waals surface area contributed by atoms with Crippen molar-refractivity contribution < 1.29 is 71.7 Å². The molecule has 4 saturated heterocycles. The number of nitrogens with two attached hydrogens (primary N) is 2. The first-order valence-electron chi connectivity index (χ1n) is 36.4. The van der Waals surface area contributed by atoms with Gasteiger partial charge in [0.15, 0.2) is 0 Å². The molecule has 3 aliphatic carbocycles. The zero-order chi connectivity index (χ0) is 72.3. The molecule has 10 amide bonds. The van der Waals surface area contributed by atoms with Gasteiger partial charge >= 0.3 is 5.97 Å². The van der Waals surface area contributed by atoms with Gasteiger partial charge in [-0.25, -0.2) is 8.78 Å². The first-order valence-corrected chi connectivity index (χ1v) is 38.8. The van der Waals surface area contributed by atoms with Gasteiger partial charge in [0.25, 0.3) is 0 Å². The third-order valence-corrected chi connectivity index (χ3v) is 24.1. The van der Waals surface area contributed by atoms with E-state index in [9.17, 15) is 43.8 Å². The molecule has 0 aromatic heterocycles. The fraction of sp³-hybridized carbons (Fsp3) is 0.754. The minimum Gasteiger partial charge on any atom is -0.481 e. The smallest absolute Gasteiger partial charge is 0.305 e. The average Bonchev–Trinajstić information content (AvgIpc) is 1.70. The first-order chi connectivity index (χ1) is 48.4. The Morgan fingerprint density at radius 2 is 1.24 bits per heavy atom. The second-order valence-corrected chi connectivity index (χ2v) is 31.5. The Morgan fingerprint density at radius 3 is 1.84 bits per heavy atom. The summed E-state index contributed by atoms with van der Waals surface area (Å²) in [5, 5.41) is 56.2. The predicted molar refractivity (Wildman–Crippen MR) is 375 cm³/mol. The number of hydrogen-bond donors (Lipinski definition) is 16. The van der Waals surface area contributed by atoms with Gasteiger partial charge in [-0.1, -0.05) is 24.3 Å². The highest BCUT2D eigenvalue weighted by Crippen LogP contribution is 2.40. The molecular weight excluding hydrogens is 1350 g/mol. The molecule has 0 spiro atoms. The van der Waals surface area contributed by atoms with Gasteiger partial charge in [0.2, 0.25) is 59.1 Å². The van der Waals surface area contributed by atoms with Gasteiger partial charge in [-0.05, 0) is 189 Å². The Balaban J connectivity index is 1.03. The molecule has 9 unspecified atom stereocenters. The van der Waals surface area contributed by atoms with E-state index in [1.165, 1.54) is 28.4 Å². The largest absolute Gasteiger partial charge is 0.481 e. The number of halogens is 2. The van der Waals surface area contributed by atoms with Gasteiger partial charge in [0.1, 0.15) is 60.2 Å². The number of alkyl halides is 2. The van der Waals surface area contributed by atoms with E-state index in [0.717, 1.165) is 11.1 Å². The Kier molecular flexibility index (Phi) is 29.6. The number of thioether (sulfide) groups is 2. The Hall–Kier alpha value is -6.29. The van der Waals surface area contributed by atoms with Crippen LogP contribution in [0.25, 0.3) is 0 Å². The Bertz CT molecular complexity index is 3060. The fourth-order valence-corrected chi connectivity index (χ4v) is 18.1. The normalized spacial score (nSPS) is 35.4. The highest BCUT2D eigenvalue weighted by molar-refractivity contribution is 7.98. The molecule has 18 N–H and O–H groups in total. The van der Waals surface area contributed by atoms with E-state index in [1.54, 1.807) is 6.92 Å². The van der Waals surface area contributed by atoms with Gasteiger partial charge in [0.05, 0.1) is 19.1 Å². The molecule has 0 radical (unpaired) electrons. The third-order valence-electron chi connectivity index (χ3n) is 22.0. The lowest BCUT2D eigenvalue weighted by Gasteiger charge is -2.38. The Morgan fingerprint density at radius 1 is 0.653 bits per heavy atom. The number of carbonyl (C=O) groups is 11. The summed E-state index contributed by atoms with van der Waals surface area (Å²) in [6, 6.07) is -2.76. The molecule has 7 fully saturated rings. The van der Waals surface area contributed by atoms with E-state index in [4.69, 9.17) is 11.5 Å². The van der Waals surface area contributed by atoms with Crippen LogP contribution in [-0.4, -0.2) is 222 Å². The number of aliphatic hydroxyl groups excluding tert-OH is 1. The van der Waals surface area contributed by atoms with E-state index in [1.807, 2.05) is 24.3 Å². The van der Waals surface area contributed by atoms with E-state index in [2.05, 4.69) is 63.8 Å². The summed E-state index contributed by atoms with van der Waals surface area (Å²) >= 11 is 2.86. The van der Waals surface area contributed by atoms with Gasteiger partial charge in [-0.15, -0.1) is 0 Å². The molecule has 101 heavy (non-hydrogen) atoms. The molecule has 1 aromatic rings. The molecule has 32 heteroatoms. The minimum absolute atomic E-state index is 0.0423. The van der Waals surface area contributed by atoms with Gasteiger partial charge in [0, 0.05) is 67.3 Å². The number of primary amides is 1. The summed E-state index contributed by atoms with van der Waals surface area (Å²) in [5.41, 5.74) is 12.1. The van der Waals surface area contributed by atoms with Crippen LogP contribution in [0.15, 0.2) is 24.3 Å². The highest BCUT2D eigenvalue weighted by Gasteiger charge is 2.50. The number of aliphatic carboxylic acids is 1. The molecule has 5 heterocycles. The number of carbonyl (C=O) groups excluding carboxylic acids is 10. The van der Waals surface area contributed by atoms with Crippen molar-refractivity contribution in [1.82, 2.24) is 68.7 Å². The number of carboxylic acid groups (broad SMARTS) is 1. The zero-order valence-electron chi connectivity index (χ0n) is 57.9. The van der Waals surface area contributed by atoms with Crippen LogP contribution < -0.4 is 75.3 Å². The van der Waals surface area contributed by atoms with E-state index in [0.29, 0.717) is 121 Å². The van der Waals surface area contributed by atoms with Crippen molar-refractivity contribution in [2.75, 3.05) is 57.4 Å². The van der Waals surface area contributed by atoms with Crippen molar-refractivity contribution in [3.8, 4) is 0 Å². The number of nitrogens with zero attached hydrogens (tertiary/aromatic N) is 1. The topological polar surface area (TPSA) is 428 Å². The van der Waals surface area contributed by atoms with E-state index < -0.39 is 156 Å². The van der Waals surface area contributed by atoms with Gasteiger partial charge in [-0.3, -0.25) is 52.7 Å². The van der Waals surface area contributed by atoms with Crippen LogP contribution in [0.1, 0.15) is 153 Å². The molecule has 5 aliphatic heterocycles. The maximum atomic E-state index is 15.3. The lowest BCUT2D eigenvalue weighted by Crippen LogP contribution is -2.63. The lowest BCUT2D eigenvalue weighted by molar-refractivity contribution is -0.147. The maximum absolute atomic E-state index is 15.3. The molecule has 2 bridgehead atoms. The summed E-state index contributed by atoms with van der Waals surface area (Å²) in [7, 11) is 0. The number of unbranched alkanes of at least 4 members (excludes halogenated alkanes) is 1. The van der Waals surface area contributed by atoms with Crippen LogP contribution in [0.3, 0.4) is 0 Å². The lowest BCUT2D eigenvalue weighted by atomic mass is 9.76. The fourth-order valence-electron chi connectivity index (χ4n) is 16.2. The molecule has 8 aliphatic rings. The number of hydrogen-bond acceptors (Lipinski definition) is 19. The number of fused-ring (bicyclic) bond motifs is 5. The highest BCUT2D eigenvalue weighted by atomic mass is 32.2. The van der Waals surface area contributed by atoms with E-state index in [-0.39, 0.29) is 106 Å². The molecule has 28 nitrogen and oxygen atoms in total. The zero-order valence-corrected chi connectivity index (χ0v) is 59.5. The standard InChI is InChI=1S/C69H107F2N15O13S2/c1-69-18-5-20-86(69)67(98)56(23-38-9-13-46(87)14-10-38)84-65(96)54(28-45-32-74-37-78-45)82-66(97)55(29-60(90)91)83-64(95)53(25-42-31-76-50-16-12-44(71)27-48(42)50)81-63(94)52(24-41-30-75-49-15-11-43(70)26-47(41)49)80-59(89)33-77-62(93)51(8-2-3-19-72)79-58(88)17-21-100-34-39-6-4-7-40(22-39)35-101-36-57(61(73)92)85-68(69)99/h4,6-7,22,38,41-57,74-76,78,87H,2-3,5,8-21,23-37,72H2,1H3,(H2,73,92)(H,77,93)(H,79,88)(H,80,89)(H,81,94)(H,82,97)(H,83,95)(H,84,96)(H,85,99)(H,90,91)/t38?,41?,42?,43?,44?,45?,46?,47?,48?,49?,50?,51-,52-,53-,54-,55-,56-,57-,69-/m0/s1. The van der Waals surface area contributed by atoms with Gasteiger partial charge in [-0.2, -0.15) is 23.5 Å². The van der Waals surface area contributed by atoms with Crippen molar-refractivity contribution in [2.45, 2.75) is 238 Å². The first kappa shape index (κ1) is 78.8. The van der Waals surface area contributed by atoms with Crippen LogP contribution in [0.4, 0.5) is 8.78 Å². The summed E-state index contributed by atoms with van der Waals surface area (Å²) in [4.78, 5) is 160.